The predicted molar refractivity (Wildman–Crippen MR) is 97.2 cm³/mol. The number of ether oxygens (including phenoxy) is 1. The first-order chi connectivity index (χ1) is 12.6. The Labute approximate surface area is 155 Å². The van der Waals surface area contributed by atoms with Gasteiger partial charge < -0.3 is 10.1 Å². The van der Waals surface area contributed by atoms with Gasteiger partial charge in [-0.25, -0.2) is 4.79 Å². The van der Waals surface area contributed by atoms with Gasteiger partial charge in [0.25, 0.3) is 5.91 Å². The van der Waals surface area contributed by atoms with Crippen molar-refractivity contribution in [1.29, 1.82) is 0 Å². The van der Waals surface area contributed by atoms with Crippen LogP contribution >= 0.6 is 0 Å². The topological polar surface area (TPSA) is 84.5 Å². The van der Waals surface area contributed by atoms with Gasteiger partial charge in [-0.2, -0.15) is 0 Å². The van der Waals surface area contributed by atoms with Crippen molar-refractivity contribution in [1.82, 2.24) is 10.6 Å². The van der Waals surface area contributed by atoms with Crippen molar-refractivity contribution in [2.75, 3.05) is 13.2 Å². The molecule has 3 atom stereocenters. The molecule has 3 amide bonds. The second kappa shape index (κ2) is 9.19. The highest BCUT2D eigenvalue weighted by molar-refractivity contribution is 5.95. The lowest BCUT2D eigenvalue weighted by atomic mass is 9.86. The third-order valence-electron chi connectivity index (χ3n) is 6.05. The lowest BCUT2D eigenvalue weighted by Gasteiger charge is -2.20. The van der Waals surface area contributed by atoms with Crippen LogP contribution in [0, 0.1) is 17.8 Å². The van der Waals surface area contributed by atoms with E-state index in [1.165, 1.54) is 37.7 Å². The molecule has 2 bridgehead atoms. The number of fused-ring (bicyclic) bond motifs is 2. The quantitative estimate of drug-likeness (QED) is 0.538. The molecule has 26 heavy (non-hydrogen) atoms. The summed E-state index contributed by atoms with van der Waals surface area (Å²) in [5.74, 6) is 0.949. The molecule has 144 valence electrons. The molecule has 0 spiro atoms. The number of esters is 1. The van der Waals surface area contributed by atoms with Crippen LogP contribution in [0.25, 0.3) is 0 Å². The fourth-order valence-electron chi connectivity index (χ4n) is 4.72. The van der Waals surface area contributed by atoms with E-state index in [-0.39, 0.29) is 5.97 Å². The van der Waals surface area contributed by atoms with Gasteiger partial charge in [0.15, 0.2) is 6.61 Å². The van der Waals surface area contributed by atoms with E-state index in [1.807, 2.05) is 0 Å². The van der Waals surface area contributed by atoms with E-state index in [4.69, 9.17) is 4.74 Å². The Morgan fingerprint density at radius 2 is 2.04 bits per heavy atom. The fourth-order valence-corrected chi connectivity index (χ4v) is 4.72. The molecule has 0 saturated heterocycles. The minimum atomic E-state index is -0.583. The van der Waals surface area contributed by atoms with Gasteiger partial charge >= 0.3 is 12.0 Å². The molecule has 0 unspecified atom stereocenters. The number of imide groups is 1. The van der Waals surface area contributed by atoms with Gasteiger partial charge in [-0.15, -0.1) is 0 Å². The molecular formula is C20H30N2O4. The maximum Gasteiger partial charge on any atom is 0.321 e. The summed E-state index contributed by atoms with van der Waals surface area (Å²) in [6, 6.07) is -0.532. The number of hydrogen-bond acceptors (Lipinski definition) is 4. The van der Waals surface area contributed by atoms with E-state index in [1.54, 1.807) is 0 Å². The molecule has 3 aliphatic rings. The second-order valence-corrected chi connectivity index (χ2v) is 7.96. The molecule has 0 radical (unpaired) electrons. The largest absolute Gasteiger partial charge is 0.456 e. The van der Waals surface area contributed by atoms with Gasteiger partial charge in [0.1, 0.15) is 0 Å². The summed E-state index contributed by atoms with van der Waals surface area (Å²) in [7, 11) is 0. The Kier molecular flexibility index (Phi) is 6.69. The average molecular weight is 362 g/mol. The number of rotatable bonds is 7. The van der Waals surface area contributed by atoms with Crippen LogP contribution in [0.3, 0.4) is 0 Å². The van der Waals surface area contributed by atoms with Crippen molar-refractivity contribution >= 4 is 17.9 Å². The summed E-state index contributed by atoms with van der Waals surface area (Å²) in [4.78, 5) is 35.3. The third-order valence-corrected chi connectivity index (χ3v) is 6.05. The zero-order valence-electron chi connectivity index (χ0n) is 15.4. The first-order valence-corrected chi connectivity index (χ1v) is 10.0. The molecule has 3 rings (SSSR count). The number of hydrogen-bond donors (Lipinski definition) is 2. The Morgan fingerprint density at radius 1 is 1.15 bits per heavy atom. The number of amides is 3. The van der Waals surface area contributed by atoms with Crippen LogP contribution < -0.4 is 10.6 Å². The van der Waals surface area contributed by atoms with Gasteiger partial charge in [0.05, 0.1) is 0 Å². The lowest BCUT2D eigenvalue weighted by molar-refractivity contribution is -0.149. The SMILES string of the molecule is O=C(COC(=O)C[C@H]1C[C@@H]2CC[C@H]1C2)NC(=O)NCCC1=CCCCC1. The van der Waals surface area contributed by atoms with Crippen molar-refractivity contribution in [3.63, 3.8) is 0 Å². The summed E-state index contributed by atoms with van der Waals surface area (Å²) >= 11 is 0. The van der Waals surface area contributed by atoms with Gasteiger partial charge in [0.2, 0.25) is 0 Å². The fraction of sp³-hybridized carbons (Fsp3) is 0.750. The maximum atomic E-state index is 11.9. The molecule has 0 aromatic rings. The third kappa shape index (κ3) is 5.58. The number of carbonyl (C=O) groups excluding carboxylic acids is 3. The lowest BCUT2D eigenvalue weighted by Crippen LogP contribution is -2.41. The van der Waals surface area contributed by atoms with Gasteiger partial charge in [0, 0.05) is 13.0 Å². The molecule has 3 aliphatic carbocycles. The second-order valence-electron chi connectivity index (χ2n) is 7.96. The standard InChI is InChI=1S/C20H30N2O4/c23-18(22-20(25)21-9-8-14-4-2-1-3-5-14)13-26-19(24)12-17-11-15-6-7-16(17)10-15/h4,15-17H,1-3,5-13H2,(H2,21,22,23,25)/t15-,16+,17-/m1/s1. The molecule has 2 saturated carbocycles. The molecular weight excluding hydrogens is 332 g/mol. The Bertz CT molecular complexity index is 572. The van der Waals surface area contributed by atoms with Crippen LogP contribution in [0.5, 0.6) is 0 Å². The van der Waals surface area contributed by atoms with E-state index >= 15 is 0 Å². The highest BCUT2D eigenvalue weighted by Gasteiger charge is 2.40. The van der Waals surface area contributed by atoms with Gasteiger partial charge in [-0.05, 0) is 69.1 Å². The monoisotopic (exact) mass is 362 g/mol. The molecule has 0 heterocycles. The summed E-state index contributed by atoms with van der Waals surface area (Å²) in [6.07, 6.45) is 13.0. The Hall–Kier alpha value is -1.85. The van der Waals surface area contributed by atoms with Crippen molar-refractivity contribution in [2.45, 2.75) is 64.2 Å². The Morgan fingerprint density at radius 3 is 2.73 bits per heavy atom. The molecule has 0 aromatic heterocycles. The minimum absolute atomic E-state index is 0.331. The molecule has 2 N–H and O–H groups in total. The van der Waals surface area contributed by atoms with Crippen LogP contribution in [-0.4, -0.2) is 31.1 Å². The molecule has 6 heteroatoms. The van der Waals surface area contributed by atoms with Crippen molar-refractivity contribution in [2.24, 2.45) is 17.8 Å². The van der Waals surface area contributed by atoms with Crippen molar-refractivity contribution < 1.29 is 19.1 Å². The van der Waals surface area contributed by atoms with Gasteiger partial charge in [-0.1, -0.05) is 18.1 Å². The summed E-state index contributed by atoms with van der Waals surface area (Å²) < 4.78 is 5.03. The molecule has 0 aliphatic heterocycles. The van der Waals surface area contributed by atoms with E-state index in [9.17, 15) is 14.4 Å². The van der Waals surface area contributed by atoms with Crippen molar-refractivity contribution in [3.05, 3.63) is 11.6 Å². The van der Waals surface area contributed by atoms with E-state index < -0.39 is 18.5 Å². The van der Waals surface area contributed by atoms with Crippen LogP contribution in [-0.2, 0) is 14.3 Å². The van der Waals surface area contributed by atoms with Gasteiger partial charge in [-0.3, -0.25) is 14.9 Å². The predicted octanol–water partition coefficient (Wildman–Crippen LogP) is 3.07. The van der Waals surface area contributed by atoms with Crippen molar-refractivity contribution in [3.8, 4) is 0 Å². The average Bonchev–Trinajstić information content (AvgIpc) is 3.24. The first kappa shape index (κ1) is 18.9. The normalized spacial score (nSPS) is 26.9. The van der Waals surface area contributed by atoms with Crippen LogP contribution in [0.1, 0.15) is 64.2 Å². The highest BCUT2D eigenvalue weighted by Crippen LogP contribution is 2.49. The molecule has 6 nitrogen and oxygen atoms in total. The Balaban J connectivity index is 1.25. The van der Waals surface area contributed by atoms with Crippen LogP contribution in [0.4, 0.5) is 4.79 Å². The number of nitrogens with one attached hydrogen (secondary N) is 2. The molecule has 2 fully saturated rings. The smallest absolute Gasteiger partial charge is 0.321 e. The maximum absolute atomic E-state index is 11.9. The minimum Gasteiger partial charge on any atom is -0.456 e. The summed E-state index contributed by atoms with van der Waals surface area (Å²) in [5, 5.41) is 4.88. The van der Waals surface area contributed by atoms with E-state index in [0.29, 0.717) is 24.8 Å². The number of allylic oxidation sites excluding steroid dienone is 1. The van der Waals surface area contributed by atoms with Crippen LogP contribution in [0.15, 0.2) is 11.6 Å². The molecule has 0 aromatic carbocycles. The summed E-state index contributed by atoms with van der Waals surface area (Å²) in [6.45, 7) is 0.118. The number of urea groups is 1. The zero-order chi connectivity index (χ0) is 18.4. The first-order valence-electron chi connectivity index (χ1n) is 10.0. The van der Waals surface area contributed by atoms with E-state index in [0.717, 1.165) is 31.6 Å². The van der Waals surface area contributed by atoms with Crippen LogP contribution in [0.2, 0.25) is 0 Å². The highest BCUT2D eigenvalue weighted by atomic mass is 16.5. The summed E-state index contributed by atoms with van der Waals surface area (Å²) in [5.41, 5.74) is 1.37. The van der Waals surface area contributed by atoms with E-state index in [2.05, 4.69) is 16.7 Å². The number of carbonyl (C=O) groups is 3. The zero-order valence-corrected chi connectivity index (χ0v) is 15.4.